The molecule has 0 saturated heterocycles. The predicted molar refractivity (Wildman–Crippen MR) is 83.1 cm³/mol. The summed E-state index contributed by atoms with van der Waals surface area (Å²) < 4.78 is 10.3. The van der Waals surface area contributed by atoms with Gasteiger partial charge in [-0.3, -0.25) is 4.79 Å². The maximum absolute atomic E-state index is 12.0. The fourth-order valence-corrected chi connectivity index (χ4v) is 2.33. The molecule has 0 amide bonds. The lowest BCUT2D eigenvalue weighted by molar-refractivity contribution is -0.118. The molecular formula is C18H20O3. The normalized spacial score (nSPS) is 11.8. The summed E-state index contributed by atoms with van der Waals surface area (Å²) in [5, 5.41) is 0. The zero-order valence-corrected chi connectivity index (χ0v) is 12.6. The van der Waals surface area contributed by atoms with Crippen molar-refractivity contribution < 1.29 is 14.3 Å². The molecule has 2 aromatic rings. The number of carbonyl (C=O) groups is 1. The van der Waals surface area contributed by atoms with Gasteiger partial charge in [0, 0.05) is 5.92 Å². The van der Waals surface area contributed by atoms with E-state index in [1.807, 2.05) is 48.5 Å². The summed E-state index contributed by atoms with van der Waals surface area (Å²) in [5.74, 6) is 1.65. The Bertz CT molecular complexity index is 585. The molecule has 0 N–H and O–H groups in total. The largest absolute Gasteiger partial charge is 0.497 e. The van der Waals surface area contributed by atoms with Crippen molar-refractivity contribution in [3.05, 3.63) is 59.7 Å². The third kappa shape index (κ3) is 3.85. The van der Waals surface area contributed by atoms with Crippen LogP contribution in [0.5, 0.6) is 11.5 Å². The van der Waals surface area contributed by atoms with Crippen molar-refractivity contribution in [3.8, 4) is 11.5 Å². The van der Waals surface area contributed by atoms with E-state index < -0.39 is 0 Å². The quantitative estimate of drug-likeness (QED) is 0.812. The van der Waals surface area contributed by atoms with Crippen LogP contribution in [0.1, 0.15) is 24.0 Å². The summed E-state index contributed by atoms with van der Waals surface area (Å²) in [6.45, 7) is 1.64. The van der Waals surface area contributed by atoms with Crippen LogP contribution in [-0.2, 0) is 11.2 Å². The van der Waals surface area contributed by atoms with Crippen LogP contribution >= 0.6 is 0 Å². The van der Waals surface area contributed by atoms with Crippen molar-refractivity contribution in [2.45, 2.75) is 19.3 Å². The van der Waals surface area contributed by atoms with Crippen molar-refractivity contribution in [2.24, 2.45) is 0 Å². The predicted octanol–water partition coefficient (Wildman–Crippen LogP) is 3.62. The molecule has 0 unspecified atom stereocenters. The molecule has 3 heteroatoms. The number of rotatable bonds is 6. The topological polar surface area (TPSA) is 35.5 Å². The monoisotopic (exact) mass is 284 g/mol. The second-order valence-corrected chi connectivity index (χ2v) is 4.99. The highest BCUT2D eigenvalue weighted by Crippen LogP contribution is 2.25. The Kier molecular flexibility index (Phi) is 4.99. The Morgan fingerprint density at radius 1 is 0.905 bits per heavy atom. The van der Waals surface area contributed by atoms with E-state index >= 15 is 0 Å². The minimum absolute atomic E-state index is 0.135. The van der Waals surface area contributed by atoms with Gasteiger partial charge in [0.25, 0.3) is 0 Å². The summed E-state index contributed by atoms with van der Waals surface area (Å²) in [5.41, 5.74) is 2.13. The molecule has 0 aliphatic rings. The molecule has 0 spiro atoms. The van der Waals surface area contributed by atoms with E-state index in [0.29, 0.717) is 6.42 Å². The third-order valence-corrected chi connectivity index (χ3v) is 3.61. The number of ether oxygens (including phenoxy) is 2. The van der Waals surface area contributed by atoms with Gasteiger partial charge in [-0.25, -0.2) is 0 Å². The van der Waals surface area contributed by atoms with Gasteiger partial charge in [-0.1, -0.05) is 24.3 Å². The Labute approximate surface area is 125 Å². The van der Waals surface area contributed by atoms with Gasteiger partial charge >= 0.3 is 0 Å². The molecule has 0 heterocycles. The van der Waals surface area contributed by atoms with Gasteiger partial charge < -0.3 is 9.47 Å². The molecule has 2 rings (SSSR count). The minimum atomic E-state index is -0.135. The summed E-state index contributed by atoms with van der Waals surface area (Å²) >= 11 is 0. The van der Waals surface area contributed by atoms with Crippen LogP contribution in [0.15, 0.2) is 48.5 Å². The van der Waals surface area contributed by atoms with E-state index in [4.69, 9.17) is 9.47 Å². The average molecular weight is 284 g/mol. The van der Waals surface area contributed by atoms with Gasteiger partial charge in [0.2, 0.25) is 0 Å². The first-order valence-electron chi connectivity index (χ1n) is 6.91. The molecular weight excluding hydrogens is 264 g/mol. The number of ketones is 1. The van der Waals surface area contributed by atoms with Crippen molar-refractivity contribution in [2.75, 3.05) is 14.2 Å². The Balaban J connectivity index is 2.19. The maximum atomic E-state index is 12.0. The molecule has 0 saturated carbocycles. The van der Waals surface area contributed by atoms with Crippen LogP contribution in [0, 0.1) is 0 Å². The van der Waals surface area contributed by atoms with Crippen molar-refractivity contribution in [1.29, 1.82) is 0 Å². The van der Waals surface area contributed by atoms with E-state index in [2.05, 4.69) is 0 Å². The Hall–Kier alpha value is -2.29. The smallest absolute Gasteiger partial charge is 0.137 e. The fraction of sp³-hybridized carbons (Fsp3) is 0.278. The summed E-state index contributed by atoms with van der Waals surface area (Å²) in [6, 6.07) is 15.5. The van der Waals surface area contributed by atoms with Crippen LogP contribution in [-0.4, -0.2) is 20.0 Å². The van der Waals surface area contributed by atoms with Crippen molar-refractivity contribution >= 4 is 5.78 Å². The van der Waals surface area contributed by atoms with Crippen LogP contribution in [0.2, 0.25) is 0 Å². The molecule has 3 nitrogen and oxygen atoms in total. The second-order valence-electron chi connectivity index (χ2n) is 4.99. The molecule has 1 atom stereocenters. The van der Waals surface area contributed by atoms with E-state index in [1.54, 1.807) is 21.1 Å². The van der Waals surface area contributed by atoms with Gasteiger partial charge in [-0.15, -0.1) is 0 Å². The lowest BCUT2D eigenvalue weighted by atomic mass is 9.89. The van der Waals surface area contributed by atoms with Gasteiger partial charge in [-0.05, 0) is 48.7 Å². The molecule has 0 bridgehead atoms. The highest BCUT2D eigenvalue weighted by atomic mass is 16.5. The van der Waals surface area contributed by atoms with E-state index in [9.17, 15) is 4.79 Å². The number of hydrogen-bond acceptors (Lipinski definition) is 3. The minimum Gasteiger partial charge on any atom is -0.497 e. The lowest BCUT2D eigenvalue weighted by Gasteiger charge is -2.15. The molecule has 0 aromatic heterocycles. The number of benzene rings is 2. The lowest BCUT2D eigenvalue weighted by Crippen LogP contribution is -2.12. The van der Waals surface area contributed by atoms with E-state index in [1.165, 1.54) is 0 Å². The van der Waals surface area contributed by atoms with E-state index in [-0.39, 0.29) is 11.7 Å². The van der Waals surface area contributed by atoms with Crippen molar-refractivity contribution in [1.82, 2.24) is 0 Å². The first-order valence-corrected chi connectivity index (χ1v) is 6.91. The highest BCUT2D eigenvalue weighted by molar-refractivity contribution is 5.83. The number of methoxy groups -OCH3 is 2. The van der Waals surface area contributed by atoms with Crippen LogP contribution < -0.4 is 9.47 Å². The van der Waals surface area contributed by atoms with Gasteiger partial charge in [0.15, 0.2) is 0 Å². The molecule has 110 valence electrons. The molecule has 0 aliphatic heterocycles. The number of hydrogen-bond donors (Lipinski definition) is 0. The van der Waals surface area contributed by atoms with Crippen LogP contribution in [0.25, 0.3) is 0 Å². The zero-order chi connectivity index (χ0) is 15.2. The van der Waals surface area contributed by atoms with Gasteiger partial charge in [0.1, 0.15) is 17.3 Å². The number of carbonyl (C=O) groups excluding carboxylic acids is 1. The Morgan fingerprint density at radius 3 is 1.81 bits per heavy atom. The fourth-order valence-electron chi connectivity index (χ4n) is 2.33. The summed E-state index contributed by atoms with van der Waals surface area (Å²) in [4.78, 5) is 12.0. The number of Topliss-reactive ketones (excluding diaryl/α,β-unsaturated/α-hetero) is 1. The van der Waals surface area contributed by atoms with Gasteiger partial charge in [-0.2, -0.15) is 0 Å². The highest BCUT2D eigenvalue weighted by Gasteiger charge is 2.17. The first-order chi connectivity index (χ1) is 10.1. The SMILES string of the molecule is COc1ccc(C[C@H](C(C)=O)c2ccc(OC)cc2)cc1. The maximum Gasteiger partial charge on any atom is 0.137 e. The molecule has 0 fully saturated rings. The zero-order valence-electron chi connectivity index (χ0n) is 12.6. The first kappa shape index (κ1) is 15.1. The molecule has 2 aromatic carbocycles. The molecule has 0 aliphatic carbocycles. The summed E-state index contributed by atoms with van der Waals surface area (Å²) in [7, 11) is 3.28. The average Bonchev–Trinajstić information content (AvgIpc) is 2.53. The standard InChI is InChI=1S/C18H20O3/c1-13(19)18(15-6-10-17(21-3)11-7-15)12-14-4-8-16(20-2)9-5-14/h4-11,18H,12H2,1-3H3/t18-/m1/s1. The molecule has 21 heavy (non-hydrogen) atoms. The second kappa shape index (κ2) is 6.93. The Morgan fingerprint density at radius 2 is 1.38 bits per heavy atom. The summed E-state index contributed by atoms with van der Waals surface area (Å²) in [6.07, 6.45) is 0.686. The van der Waals surface area contributed by atoms with E-state index in [0.717, 1.165) is 22.6 Å². The van der Waals surface area contributed by atoms with Crippen LogP contribution in [0.4, 0.5) is 0 Å². The van der Waals surface area contributed by atoms with Crippen molar-refractivity contribution in [3.63, 3.8) is 0 Å². The third-order valence-electron chi connectivity index (χ3n) is 3.61. The van der Waals surface area contributed by atoms with Gasteiger partial charge in [0.05, 0.1) is 14.2 Å². The molecule has 0 radical (unpaired) electrons. The van der Waals surface area contributed by atoms with Crippen LogP contribution in [0.3, 0.4) is 0 Å².